The number of Topliss-reactive ketones (excluding diaryl/α,β-unsaturated/α-hetero) is 1. The summed E-state index contributed by atoms with van der Waals surface area (Å²) >= 11 is 0. The van der Waals surface area contributed by atoms with Gasteiger partial charge in [-0.25, -0.2) is 9.49 Å². The Labute approximate surface area is 161 Å². The lowest BCUT2D eigenvalue weighted by atomic mass is 10.1. The lowest BCUT2D eigenvalue weighted by Crippen LogP contribution is -2.34. The van der Waals surface area contributed by atoms with Crippen molar-refractivity contribution >= 4 is 17.4 Å². The Bertz CT molecular complexity index is 996. The number of nitrogens with zero attached hydrogens (tertiary/aromatic N) is 4. The first-order valence-corrected chi connectivity index (χ1v) is 8.67. The average molecular weight is 384 g/mol. The standard InChI is InChI=1S/C19H21FN6O2/c1-12-7-16(13(2)26(12)19-21-11-22-24-19)17(27)9-25(3)10-18(28)23-15-6-4-5-14(20)8-15/h4-8,11H,9-10H2,1-3H3,(H,23,28)(H,21,22,24). The summed E-state index contributed by atoms with van der Waals surface area (Å²) in [6.07, 6.45) is 1.40. The van der Waals surface area contributed by atoms with Crippen molar-refractivity contribution in [3.63, 3.8) is 0 Å². The monoisotopic (exact) mass is 384 g/mol. The number of carbonyl (C=O) groups is 2. The number of hydrogen-bond donors (Lipinski definition) is 2. The number of aromatic amines is 1. The first kappa shape index (κ1) is 19.4. The predicted octanol–water partition coefficient (Wildman–Crippen LogP) is 2.10. The van der Waals surface area contributed by atoms with Gasteiger partial charge in [0.05, 0.1) is 13.1 Å². The molecule has 2 heterocycles. The van der Waals surface area contributed by atoms with E-state index < -0.39 is 5.82 Å². The number of halogens is 1. The molecule has 0 radical (unpaired) electrons. The number of ketones is 1. The van der Waals surface area contributed by atoms with E-state index in [9.17, 15) is 14.0 Å². The summed E-state index contributed by atoms with van der Waals surface area (Å²) < 4.78 is 15.0. The van der Waals surface area contributed by atoms with Crippen LogP contribution in [-0.4, -0.2) is 56.5 Å². The van der Waals surface area contributed by atoms with Crippen molar-refractivity contribution in [2.24, 2.45) is 0 Å². The zero-order valence-electron chi connectivity index (χ0n) is 15.9. The van der Waals surface area contributed by atoms with Gasteiger partial charge in [-0.3, -0.25) is 19.1 Å². The van der Waals surface area contributed by atoms with Crippen molar-refractivity contribution in [3.05, 3.63) is 59.4 Å². The minimum Gasteiger partial charge on any atom is -0.325 e. The lowest BCUT2D eigenvalue weighted by Gasteiger charge is -2.15. The second-order valence-electron chi connectivity index (χ2n) is 6.58. The molecule has 0 atom stereocenters. The van der Waals surface area contributed by atoms with E-state index in [1.165, 1.54) is 24.5 Å². The van der Waals surface area contributed by atoms with Crippen LogP contribution in [0.3, 0.4) is 0 Å². The van der Waals surface area contributed by atoms with E-state index in [1.54, 1.807) is 24.1 Å². The van der Waals surface area contributed by atoms with Gasteiger partial charge in [-0.2, -0.15) is 10.1 Å². The Kier molecular flexibility index (Phi) is 5.65. The van der Waals surface area contributed by atoms with Crippen LogP contribution in [0, 0.1) is 19.7 Å². The molecular weight excluding hydrogens is 363 g/mol. The van der Waals surface area contributed by atoms with Crippen LogP contribution in [-0.2, 0) is 4.79 Å². The molecule has 0 spiro atoms. The van der Waals surface area contributed by atoms with Gasteiger partial charge in [0.1, 0.15) is 12.1 Å². The number of rotatable bonds is 7. The molecule has 1 amide bonds. The first-order valence-electron chi connectivity index (χ1n) is 8.67. The maximum absolute atomic E-state index is 13.2. The third-order valence-electron chi connectivity index (χ3n) is 4.28. The van der Waals surface area contributed by atoms with Crippen molar-refractivity contribution in [3.8, 4) is 5.95 Å². The number of carbonyl (C=O) groups excluding carboxylic acids is 2. The summed E-state index contributed by atoms with van der Waals surface area (Å²) in [7, 11) is 1.68. The number of likely N-dealkylation sites (N-methyl/N-ethyl adjacent to an activating group) is 1. The Balaban J connectivity index is 1.63. The first-order chi connectivity index (χ1) is 13.3. The molecule has 3 aromatic rings. The third-order valence-corrected chi connectivity index (χ3v) is 4.28. The van der Waals surface area contributed by atoms with Gasteiger partial charge in [-0.1, -0.05) is 6.07 Å². The molecule has 0 saturated heterocycles. The fourth-order valence-corrected chi connectivity index (χ4v) is 3.08. The average Bonchev–Trinajstić information content (AvgIpc) is 3.22. The van der Waals surface area contributed by atoms with Crippen LogP contribution in [0.25, 0.3) is 5.95 Å². The van der Waals surface area contributed by atoms with E-state index in [2.05, 4.69) is 20.5 Å². The lowest BCUT2D eigenvalue weighted by molar-refractivity contribution is -0.116. The topological polar surface area (TPSA) is 95.9 Å². The van der Waals surface area contributed by atoms with Gasteiger partial charge in [-0.15, -0.1) is 0 Å². The highest BCUT2D eigenvalue weighted by Gasteiger charge is 2.19. The van der Waals surface area contributed by atoms with Crippen molar-refractivity contribution in [2.45, 2.75) is 13.8 Å². The second-order valence-corrected chi connectivity index (χ2v) is 6.58. The van der Waals surface area contributed by atoms with Crippen molar-refractivity contribution < 1.29 is 14.0 Å². The molecular formula is C19H21FN6O2. The van der Waals surface area contributed by atoms with Gasteiger partial charge < -0.3 is 5.32 Å². The molecule has 3 rings (SSSR count). The summed E-state index contributed by atoms with van der Waals surface area (Å²) in [5.74, 6) is -0.326. The second kappa shape index (κ2) is 8.13. The van der Waals surface area contributed by atoms with Gasteiger partial charge >= 0.3 is 0 Å². The fourth-order valence-electron chi connectivity index (χ4n) is 3.08. The predicted molar refractivity (Wildman–Crippen MR) is 102 cm³/mol. The molecule has 0 unspecified atom stereocenters. The minimum absolute atomic E-state index is 0.00307. The van der Waals surface area contributed by atoms with Crippen LogP contribution in [0.1, 0.15) is 21.7 Å². The normalized spacial score (nSPS) is 11.0. The molecule has 0 aliphatic heterocycles. The molecule has 0 bridgehead atoms. The zero-order chi connectivity index (χ0) is 20.3. The summed E-state index contributed by atoms with van der Waals surface area (Å²) in [4.78, 5) is 30.6. The SMILES string of the molecule is Cc1cc(C(=O)CN(C)CC(=O)Nc2cccc(F)c2)c(C)n1-c1ncn[nH]1. The molecule has 9 heteroatoms. The maximum atomic E-state index is 13.2. The van der Waals surface area contributed by atoms with E-state index in [1.807, 2.05) is 18.4 Å². The summed E-state index contributed by atoms with van der Waals surface area (Å²) in [6, 6.07) is 7.45. The van der Waals surface area contributed by atoms with E-state index in [0.29, 0.717) is 17.2 Å². The van der Waals surface area contributed by atoms with Crippen LogP contribution in [0.15, 0.2) is 36.7 Å². The molecule has 2 aromatic heterocycles. The fraction of sp³-hybridized carbons (Fsp3) is 0.263. The number of aromatic nitrogens is 4. The number of benzene rings is 1. The highest BCUT2D eigenvalue weighted by molar-refractivity contribution is 5.99. The van der Waals surface area contributed by atoms with Gasteiger partial charge in [0.15, 0.2) is 5.78 Å². The van der Waals surface area contributed by atoms with E-state index >= 15 is 0 Å². The highest BCUT2D eigenvalue weighted by Crippen LogP contribution is 2.19. The van der Waals surface area contributed by atoms with Crippen molar-refractivity contribution in [2.75, 3.05) is 25.5 Å². The van der Waals surface area contributed by atoms with Crippen LogP contribution < -0.4 is 5.32 Å². The molecule has 0 fully saturated rings. The molecule has 0 aliphatic rings. The van der Waals surface area contributed by atoms with Crippen LogP contribution in [0.5, 0.6) is 0 Å². The van der Waals surface area contributed by atoms with E-state index in [-0.39, 0.29) is 24.8 Å². The highest BCUT2D eigenvalue weighted by atomic mass is 19.1. The Morgan fingerprint density at radius 3 is 2.71 bits per heavy atom. The van der Waals surface area contributed by atoms with E-state index in [4.69, 9.17) is 0 Å². The molecule has 2 N–H and O–H groups in total. The third kappa shape index (κ3) is 4.32. The van der Waals surface area contributed by atoms with Gasteiger partial charge in [0.2, 0.25) is 11.9 Å². The van der Waals surface area contributed by atoms with Gasteiger partial charge in [-0.05, 0) is 45.2 Å². The van der Waals surface area contributed by atoms with Gasteiger partial charge in [0.25, 0.3) is 0 Å². The van der Waals surface area contributed by atoms with Crippen molar-refractivity contribution in [1.29, 1.82) is 0 Å². The molecule has 1 aromatic carbocycles. The number of amides is 1. The number of hydrogen-bond acceptors (Lipinski definition) is 5. The summed E-state index contributed by atoms with van der Waals surface area (Å²) in [6.45, 7) is 3.78. The maximum Gasteiger partial charge on any atom is 0.238 e. The number of anilines is 1. The number of aryl methyl sites for hydroxylation is 1. The van der Waals surface area contributed by atoms with Crippen LogP contribution in [0.4, 0.5) is 10.1 Å². The number of H-pyrrole nitrogens is 1. The number of nitrogens with one attached hydrogen (secondary N) is 2. The smallest absolute Gasteiger partial charge is 0.238 e. The summed E-state index contributed by atoms with van der Waals surface area (Å²) in [5, 5.41) is 9.23. The molecule has 0 aliphatic carbocycles. The molecule has 0 saturated carbocycles. The Hall–Kier alpha value is -3.33. The zero-order valence-corrected chi connectivity index (χ0v) is 15.9. The molecule has 146 valence electrons. The minimum atomic E-state index is -0.427. The van der Waals surface area contributed by atoms with E-state index in [0.717, 1.165) is 11.4 Å². The Morgan fingerprint density at radius 2 is 2.04 bits per heavy atom. The quantitative estimate of drug-likeness (QED) is 0.608. The van der Waals surface area contributed by atoms with Crippen LogP contribution >= 0.6 is 0 Å². The largest absolute Gasteiger partial charge is 0.325 e. The van der Waals surface area contributed by atoms with Crippen LogP contribution in [0.2, 0.25) is 0 Å². The molecule has 8 nitrogen and oxygen atoms in total. The Morgan fingerprint density at radius 1 is 1.25 bits per heavy atom. The van der Waals surface area contributed by atoms with Crippen molar-refractivity contribution in [1.82, 2.24) is 24.6 Å². The summed E-state index contributed by atoms with van der Waals surface area (Å²) in [5.41, 5.74) is 2.53. The van der Waals surface area contributed by atoms with Gasteiger partial charge in [0, 0.05) is 22.6 Å². The molecule has 28 heavy (non-hydrogen) atoms.